The molecule has 0 radical (unpaired) electrons. The summed E-state index contributed by atoms with van der Waals surface area (Å²) in [6, 6.07) is 19.6. The second kappa shape index (κ2) is 8.17. The van der Waals surface area contributed by atoms with Gasteiger partial charge in [-0.3, -0.25) is 0 Å². The molecule has 0 spiro atoms. The summed E-state index contributed by atoms with van der Waals surface area (Å²) in [6.45, 7) is 0. The quantitative estimate of drug-likeness (QED) is 0.308. The topological polar surface area (TPSA) is 0 Å². The van der Waals surface area contributed by atoms with Crippen molar-refractivity contribution in [3.63, 3.8) is 0 Å². The fourth-order valence-corrected chi connectivity index (χ4v) is 7.93. The smallest absolute Gasteiger partial charge is 0.0647 e. The molecule has 6 heteroatoms. The van der Waals surface area contributed by atoms with Crippen LogP contribution in [0.2, 0.25) is 0 Å². The molecule has 3 aromatic heterocycles. The fourth-order valence-electron chi connectivity index (χ4n) is 2.04. The van der Waals surface area contributed by atoms with Gasteiger partial charge in [0.25, 0.3) is 0 Å². The van der Waals surface area contributed by atoms with E-state index in [0.717, 1.165) is 0 Å². The van der Waals surface area contributed by atoms with E-state index in [-0.39, 0.29) is 0 Å². The number of hydrogen-bond acceptors (Lipinski definition) is 6. The van der Waals surface area contributed by atoms with Crippen molar-refractivity contribution in [3.05, 3.63) is 70.7 Å². The summed E-state index contributed by atoms with van der Waals surface area (Å²) in [5.74, 6) is 0. The highest BCUT2D eigenvalue weighted by Gasteiger charge is 2.14. The molecule has 0 fully saturated rings. The number of thiophene rings is 3. The highest BCUT2D eigenvalue weighted by Crippen LogP contribution is 2.47. The van der Waals surface area contributed by atoms with Crippen LogP contribution in [0.3, 0.4) is 0 Å². The molecule has 24 heavy (non-hydrogen) atoms. The Hall–Kier alpha value is -0.630. The molecule has 4 rings (SSSR count). The van der Waals surface area contributed by atoms with E-state index in [1.54, 1.807) is 34.0 Å². The van der Waals surface area contributed by atoms with Crippen LogP contribution in [0.4, 0.5) is 0 Å². The Bertz CT molecular complexity index is 821. The second-order valence-corrected chi connectivity index (χ2v) is 11.5. The van der Waals surface area contributed by atoms with Gasteiger partial charge in [-0.25, -0.2) is 0 Å². The van der Waals surface area contributed by atoms with E-state index in [1.807, 2.05) is 35.3 Å². The standard InChI is InChI=1S/C18H12S6/c1-5-13(22-15-7-2-10-19-15)18(24-17-9-4-12-21-17)14(6-1)23-16-8-3-11-20-16/h1-12H. The van der Waals surface area contributed by atoms with Crippen LogP contribution in [0, 0.1) is 0 Å². The van der Waals surface area contributed by atoms with E-state index in [0.29, 0.717) is 0 Å². The van der Waals surface area contributed by atoms with Gasteiger partial charge in [-0.2, -0.15) is 0 Å². The predicted molar refractivity (Wildman–Crippen MR) is 112 cm³/mol. The third-order valence-electron chi connectivity index (χ3n) is 3.05. The van der Waals surface area contributed by atoms with Crippen molar-refractivity contribution in [2.24, 2.45) is 0 Å². The van der Waals surface area contributed by atoms with Crippen molar-refractivity contribution in [2.45, 2.75) is 27.3 Å². The van der Waals surface area contributed by atoms with Crippen LogP contribution in [0.5, 0.6) is 0 Å². The van der Waals surface area contributed by atoms with Crippen molar-refractivity contribution < 1.29 is 0 Å². The normalized spacial score (nSPS) is 11.0. The molecule has 0 N–H and O–H groups in total. The summed E-state index contributed by atoms with van der Waals surface area (Å²) in [5.41, 5.74) is 0. The Morgan fingerprint density at radius 2 is 0.958 bits per heavy atom. The summed E-state index contributed by atoms with van der Waals surface area (Å²) < 4.78 is 4.00. The van der Waals surface area contributed by atoms with Gasteiger partial charge in [-0.05, 0) is 46.5 Å². The number of benzene rings is 1. The van der Waals surface area contributed by atoms with Crippen LogP contribution in [0.25, 0.3) is 0 Å². The third-order valence-corrected chi connectivity index (χ3v) is 9.69. The van der Waals surface area contributed by atoms with Gasteiger partial charge in [0.2, 0.25) is 0 Å². The highest BCUT2D eigenvalue weighted by molar-refractivity contribution is 8.05. The van der Waals surface area contributed by atoms with Gasteiger partial charge in [0.15, 0.2) is 0 Å². The average molecular weight is 421 g/mol. The zero-order valence-corrected chi connectivity index (χ0v) is 17.3. The Kier molecular flexibility index (Phi) is 5.72. The van der Waals surface area contributed by atoms with E-state index in [9.17, 15) is 0 Å². The van der Waals surface area contributed by atoms with Crippen LogP contribution in [0.1, 0.15) is 0 Å². The van der Waals surface area contributed by atoms with Gasteiger partial charge < -0.3 is 0 Å². The lowest BCUT2D eigenvalue weighted by molar-refractivity contribution is 1.12. The van der Waals surface area contributed by atoms with Crippen molar-refractivity contribution in [1.29, 1.82) is 0 Å². The van der Waals surface area contributed by atoms with Gasteiger partial charge in [0.05, 0.1) is 12.6 Å². The van der Waals surface area contributed by atoms with Crippen LogP contribution >= 0.6 is 69.3 Å². The predicted octanol–water partition coefficient (Wildman–Crippen LogP) is 8.32. The zero-order valence-electron chi connectivity index (χ0n) is 12.4. The largest absolute Gasteiger partial charge is 0.137 e. The maximum atomic E-state index is 2.23. The van der Waals surface area contributed by atoms with Crippen molar-refractivity contribution in [1.82, 2.24) is 0 Å². The first-order chi connectivity index (χ1) is 11.9. The monoisotopic (exact) mass is 420 g/mol. The molecule has 0 amide bonds. The molecule has 0 saturated heterocycles. The van der Waals surface area contributed by atoms with Crippen molar-refractivity contribution >= 4 is 69.3 Å². The molecular formula is C18H12S6. The van der Waals surface area contributed by atoms with Crippen molar-refractivity contribution in [2.75, 3.05) is 0 Å². The lowest BCUT2D eigenvalue weighted by Gasteiger charge is -2.12. The van der Waals surface area contributed by atoms with Crippen LogP contribution < -0.4 is 0 Å². The van der Waals surface area contributed by atoms with Crippen molar-refractivity contribution in [3.8, 4) is 0 Å². The van der Waals surface area contributed by atoms with E-state index < -0.39 is 0 Å². The van der Waals surface area contributed by atoms with Gasteiger partial charge >= 0.3 is 0 Å². The van der Waals surface area contributed by atoms with E-state index in [4.69, 9.17) is 0 Å². The molecule has 0 bridgehead atoms. The first kappa shape index (κ1) is 16.8. The molecule has 0 saturated carbocycles. The summed E-state index contributed by atoms with van der Waals surface area (Å²) in [5, 5.41) is 6.42. The van der Waals surface area contributed by atoms with Crippen LogP contribution in [-0.4, -0.2) is 0 Å². The Labute approximate surface area is 166 Å². The number of hydrogen-bond donors (Lipinski definition) is 0. The van der Waals surface area contributed by atoms with E-state index in [1.165, 1.54) is 27.3 Å². The third kappa shape index (κ3) is 4.12. The summed E-state index contributed by atoms with van der Waals surface area (Å²) in [7, 11) is 0. The van der Waals surface area contributed by atoms with Gasteiger partial charge in [-0.1, -0.05) is 59.6 Å². The van der Waals surface area contributed by atoms with Gasteiger partial charge in [0, 0.05) is 14.7 Å². The minimum absolute atomic E-state index is 1.33. The molecule has 0 aliphatic heterocycles. The average Bonchev–Trinajstić information content (AvgIpc) is 3.34. The molecule has 3 heterocycles. The first-order valence-corrected chi connectivity index (χ1v) is 12.2. The molecule has 0 atom stereocenters. The molecule has 4 aromatic rings. The summed E-state index contributed by atoms with van der Waals surface area (Å²) >= 11 is 11.0. The highest BCUT2D eigenvalue weighted by atomic mass is 32.2. The number of rotatable bonds is 6. The Balaban J connectivity index is 1.71. The molecule has 120 valence electrons. The summed E-state index contributed by atoms with van der Waals surface area (Å²) in [4.78, 5) is 4.02. The first-order valence-electron chi connectivity index (χ1n) is 7.15. The Morgan fingerprint density at radius 1 is 0.500 bits per heavy atom. The van der Waals surface area contributed by atoms with Gasteiger partial charge in [0.1, 0.15) is 0 Å². The Morgan fingerprint density at radius 3 is 1.38 bits per heavy atom. The maximum absolute atomic E-state index is 2.23. The maximum Gasteiger partial charge on any atom is 0.0647 e. The molecular weight excluding hydrogens is 409 g/mol. The molecule has 0 aliphatic rings. The lowest BCUT2D eigenvalue weighted by atomic mass is 10.4. The molecule has 0 nitrogen and oxygen atoms in total. The summed E-state index contributed by atoms with van der Waals surface area (Å²) in [6.07, 6.45) is 0. The minimum atomic E-state index is 1.33. The van der Waals surface area contributed by atoms with Gasteiger partial charge in [-0.15, -0.1) is 34.0 Å². The minimum Gasteiger partial charge on any atom is -0.137 e. The van der Waals surface area contributed by atoms with E-state index in [2.05, 4.69) is 70.7 Å². The lowest BCUT2D eigenvalue weighted by Crippen LogP contribution is -1.83. The SMILES string of the molecule is c1csc(Sc2cccc(Sc3cccs3)c2Sc2cccs2)c1. The van der Waals surface area contributed by atoms with Crippen LogP contribution in [-0.2, 0) is 0 Å². The van der Waals surface area contributed by atoms with E-state index >= 15 is 0 Å². The molecule has 1 aromatic carbocycles. The molecule has 0 aliphatic carbocycles. The fraction of sp³-hybridized carbons (Fsp3) is 0. The second-order valence-electron chi connectivity index (χ2n) is 4.69. The van der Waals surface area contributed by atoms with Crippen LogP contribution in [0.15, 0.2) is 98.1 Å². The zero-order chi connectivity index (χ0) is 16.2. The molecule has 0 unspecified atom stereocenters.